The molecule has 1 unspecified atom stereocenters. The van der Waals surface area contributed by atoms with Gasteiger partial charge in [0.25, 0.3) is 0 Å². The van der Waals surface area contributed by atoms with Gasteiger partial charge < -0.3 is 15.1 Å². The predicted molar refractivity (Wildman–Crippen MR) is 93.6 cm³/mol. The Kier molecular flexibility index (Phi) is 6.17. The van der Waals surface area contributed by atoms with Gasteiger partial charge in [0, 0.05) is 25.7 Å². The molecular formula is C18H34N4O. The van der Waals surface area contributed by atoms with Crippen molar-refractivity contribution in [3.05, 3.63) is 0 Å². The molecule has 132 valence electrons. The number of amides is 2. The van der Waals surface area contributed by atoms with E-state index in [0.29, 0.717) is 6.04 Å². The summed E-state index contributed by atoms with van der Waals surface area (Å²) in [5.74, 6) is 0.796. The zero-order chi connectivity index (χ0) is 16.1. The largest absolute Gasteiger partial charge is 0.338 e. The molecule has 3 aliphatic rings. The number of urea groups is 1. The summed E-state index contributed by atoms with van der Waals surface area (Å²) in [5.41, 5.74) is 0. The number of hydrogen-bond acceptors (Lipinski definition) is 3. The van der Waals surface area contributed by atoms with E-state index >= 15 is 0 Å². The van der Waals surface area contributed by atoms with Gasteiger partial charge in [0.05, 0.1) is 0 Å². The van der Waals surface area contributed by atoms with Crippen LogP contribution >= 0.6 is 0 Å². The van der Waals surface area contributed by atoms with E-state index in [1.807, 2.05) is 0 Å². The van der Waals surface area contributed by atoms with E-state index in [4.69, 9.17) is 0 Å². The van der Waals surface area contributed by atoms with Crippen LogP contribution in [0.5, 0.6) is 0 Å². The first-order valence-electron chi connectivity index (χ1n) is 9.68. The Labute approximate surface area is 141 Å². The third kappa shape index (κ3) is 4.83. The maximum atomic E-state index is 12.4. The molecular weight excluding hydrogens is 288 g/mol. The summed E-state index contributed by atoms with van der Waals surface area (Å²) in [6.45, 7) is 7.60. The van der Waals surface area contributed by atoms with Crippen molar-refractivity contribution in [1.29, 1.82) is 0 Å². The lowest BCUT2D eigenvalue weighted by molar-refractivity contribution is 0.124. The fourth-order valence-electron chi connectivity index (χ4n) is 4.39. The number of piperidine rings is 2. The van der Waals surface area contributed by atoms with Crippen LogP contribution in [0.25, 0.3) is 0 Å². The van der Waals surface area contributed by atoms with Gasteiger partial charge in [0.15, 0.2) is 0 Å². The summed E-state index contributed by atoms with van der Waals surface area (Å²) in [7, 11) is 2.20. The summed E-state index contributed by atoms with van der Waals surface area (Å²) in [5, 5.41) is 3.18. The summed E-state index contributed by atoms with van der Waals surface area (Å²) >= 11 is 0. The quantitative estimate of drug-likeness (QED) is 0.860. The summed E-state index contributed by atoms with van der Waals surface area (Å²) in [4.78, 5) is 19.5. The molecule has 5 heteroatoms. The highest BCUT2D eigenvalue weighted by Gasteiger charge is 2.29. The summed E-state index contributed by atoms with van der Waals surface area (Å²) in [6, 6.07) is 0.771. The van der Waals surface area contributed by atoms with Crippen LogP contribution in [-0.4, -0.2) is 79.6 Å². The van der Waals surface area contributed by atoms with Crippen molar-refractivity contribution >= 4 is 6.03 Å². The highest BCUT2D eigenvalue weighted by molar-refractivity contribution is 5.74. The van der Waals surface area contributed by atoms with Crippen molar-refractivity contribution in [3.8, 4) is 0 Å². The molecule has 1 atom stereocenters. The average molecular weight is 322 g/mol. The molecule has 23 heavy (non-hydrogen) atoms. The average Bonchev–Trinajstić information content (AvgIpc) is 3.11. The van der Waals surface area contributed by atoms with Crippen LogP contribution in [0.2, 0.25) is 0 Å². The van der Waals surface area contributed by atoms with Crippen LogP contribution in [0.15, 0.2) is 0 Å². The highest BCUT2D eigenvalue weighted by Crippen LogP contribution is 2.21. The zero-order valence-electron chi connectivity index (χ0n) is 14.8. The van der Waals surface area contributed by atoms with Crippen molar-refractivity contribution < 1.29 is 4.79 Å². The first-order valence-corrected chi connectivity index (χ1v) is 9.68. The van der Waals surface area contributed by atoms with E-state index in [1.54, 1.807) is 0 Å². The van der Waals surface area contributed by atoms with Gasteiger partial charge in [-0.1, -0.05) is 0 Å². The van der Waals surface area contributed by atoms with Gasteiger partial charge in [0.1, 0.15) is 0 Å². The molecule has 2 amide bonds. The summed E-state index contributed by atoms with van der Waals surface area (Å²) < 4.78 is 0. The first kappa shape index (κ1) is 17.0. The second kappa shape index (κ2) is 8.34. The Hall–Kier alpha value is -0.810. The fourth-order valence-corrected chi connectivity index (χ4v) is 4.39. The van der Waals surface area contributed by atoms with Crippen LogP contribution in [0, 0.1) is 5.92 Å². The monoisotopic (exact) mass is 322 g/mol. The number of nitrogens with one attached hydrogen (secondary N) is 1. The van der Waals surface area contributed by atoms with E-state index in [9.17, 15) is 4.79 Å². The Bertz CT molecular complexity index is 375. The molecule has 3 aliphatic heterocycles. The van der Waals surface area contributed by atoms with Gasteiger partial charge in [-0.25, -0.2) is 4.79 Å². The molecule has 0 spiro atoms. The molecule has 0 aromatic heterocycles. The highest BCUT2D eigenvalue weighted by atomic mass is 16.2. The molecule has 0 aromatic rings. The molecule has 3 rings (SSSR count). The van der Waals surface area contributed by atoms with E-state index in [2.05, 4.69) is 27.1 Å². The Morgan fingerprint density at radius 2 is 1.74 bits per heavy atom. The summed E-state index contributed by atoms with van der Waals surface area (Å²) in [6.07, 6.45) is 8.80. The number of rotatable bonds is 4. The van der Waals surface area contributed by atoms with Crippen molar-refractivity contribution in [2.45, 2.75) is 51.0 Å². The van der Waals surface area contributed by atoms with Crippen LogP contribution in [-0.2, 0) is 0 Å². The molecule has 0 bridgehead atoms. The number of carbonyl (C=O) groups is 1. The first-order chi connectivity index (χ1) is 11.2. The maximum Gasteiger partial charge on any atom is 0.317 e. The predicted octanol–water partition coefficient (Wildman–Crippen LogP) is 1.99. The normalized spacial score (nSPS) is 28.2. The van der Waals surface area contributed by atoms with Crippen LogP contribution in [0.4, 0.5) is 4.79 Å². The molecule has 0 radical (unpaired) electrons. The lowest BCUT2D eigenvalue weighted by atomic mass is 9.94. The van der Waals surface area contributed by atoms with Gasteiger partial charge >= 0.3 is 6.03 Å². The van der Waals surface area contributed by atoms with Crippen molar-refractivity contribution in [3.63, 3.8) is 0 Å². The van der Waals surface area contributed by atoms with Crippen LogP contribution in [0.3, 0.4) is 0 Å². The van der Waals surface area contributed by atoms with Crippen molar-refractivity contribution in [2.24, 2.45) is 5.92 Å². The molecule has 1 N–H and O–H groups in total. The minimum atomic E-state index is 0.168. The van der Waals surface area contributed by atoms with Gasteiger partial charge in [-0.15, -0.1) is 0 Å². The molecule has 3 fully saturated rings. The Balaban J connectivity index is 1.36. The lowest BCUT2D eigenvalue weighted by Crippen LogP contribution is -2.52. The van der Waals surface area contributed by atoms with Gasteiger partial charge in [-0.2, -0.15) is 0 Å². The number of likely N-dealkylation sites (tertiary alicyclic amines) is 3. The standard InChI is InChI=1S/C18H34N4O/c1-20-13-7-16(8-14-20)6-9-19-18(23)22-12-4-5-17(15-22)21-10-2-3-11-21/h16-17H,2-15H2,1H3,(H,19,23). The molecule has 0 aromatic carbocycles. The third-order valence-electron chi connectivity index (χ3n) is 6.01. The Morgan fingerprint density at radius 3 is 2.48 bits per heavy atom. The van der Waals surface area contributed by atoms with Gasteiger partial charge in [-0.3, -0.25) is 4.90 Å². The fraction of sp³-hybridized carbons (Fsp3) is 0.944. The topological polar surface area (TPSA) is 38.8 Å². The second-order valence-electron chi connectivity index (χ2n) is 7.75. The second-order valence-corrected chi connectivity index (χ2v) is 7.75. The zero-order valence-corrected chi connectivity index (χ0v) is 14.8. The molecule has 3 heterocycles. The maximum absolute atomic E-state index is 12.4. The molecule has 3 saturated heterocycles. The van der Waals surface area contributed by atoms with E-state index in [0.717, 1.165) is 38.4 Å². The van der Waals surface area contributed by atoms with Crippen LogP contribution < -0.4 is 5.32 Å². The smallest absolute Gasteiger partial charge is 0.317 e. The lowest BCUT2D eigenvalue weighted by Gasteiger charge is -2.37. The van der Waals surface area contributed by atoms with Crippen molar-refractivity contribution in [1.82, 2.24) is 20.0 Å². The molecule has 5 nitrogen and oxygen atoms in total. The van der Waals surface area contributed by atoms with E-state index in [-0.39, 0.29) is 6.03 Å². The number of carbonyl (C=O) groups excluding carboxylic acids is 1. The number of hydrogen-bond donors (Lipinski definition) is 1. The Morgan fingerprint density at radius 1 is 1.00 bits per heavy atom. The number of nitrogens with zero attached hydrogens (tertiary/aromatic N) is 3. The van der Waals surface area contributed by atoms with Gasteiger partial charge in [-0.05, 0) is 84.1 Å². The minimum Gasteiger partial charge on any atom is -0.338 e. The van der Waals surface area contributed by atoms with Crippen molar-refractivity contribution in [2.75, 3.05) is 52.9 Å². The SMILES string of the molecule is CN1CCC(CCNC(=O)N2CCCC(N3CCCC3)C2)CC1. The van der Waals surface area contributed by atoms with E-state index < -0.39 is 0 Å². The molecule has 0 saturated carbocycles. The van der Waals surface area contributed by atoms with E-state index in [1.165, 1.54) is 58.3 Å². The third-order valence-corrected chi connectivity index (χ3v) is 6.01. The van der Waals surface area contributed by atoms with Gasteiger partial charge in [0.2, 0.25) is 0 Å². The van der Waals surface area contributed by atoms with Crippen LogP contribution in [0.1, 0.15) is 44.9 Å². The molecule has 0 aliphatic carbocycles. The minimum absolute atomic E-state index is 0.168.